The van der Waals surface area contributed by atoms with E-state index in [1.165, 1.54) is 11.8 Å². The molecule has 3 aromatic rings. The van der Waals surface area contributed by atoms with Crippen LogP contribution in [0, 0.1) is 0 Å². The van der Waals surface area contributed by atoms with E-state index in [-0.39, 0.29) is 27.0 Å². The van der Waals surface area contributed by atoms with E-state index in [1.54, 1.807) is 97.1 Å². The van der Waals surface area contributed by atoms with Crippen LogP contribution in [0.5, 0.6) is 0 Å². The van der Waals surface area contributed by atoms with Gasteiger partial charge >= 0.3 is 17.9 Å². The van der Waals surface area contributed by atoms with Crippen LogP contribution in [0.15, 0.2) is 104 Å². The zero-order chi connectivity index (χ0) is 35.6. The highest BCUT2D eigenvalue weighted by Gasteiger charge is 2.53. The molecule has 1 aliphatic heterocycles. The normalized spacial score (nSPS) is 21.5. The summed E-state index contributed by atoms with van der Waals surface area (Å²) < 4.78 is 30.9. The highest BCUT2D eigenvalue weighted by molar-refractivity contribution is 8.00. The Bertz CT molecular complexity index is 1560. The second-order valence-electron chi connectivity index (χ2n) is 13.2. The summed E-state index contributed by atoms with van der Waals surface area (Å²) in [6.07, 6.45) is -2.79. The van der Waals surface area contributed by atoms with Gasteiger partial charge in [-0.2, -0.15) is 0 Å². The van der Waals surface area contributed by atoms with Gasteiger partial charge in [0, 0.05) is 11.9 Å². The third-order valence-corrected chi connectivity index (χ3v) is 14.5. The second-order valence-corrected chi connectivity index (χ2v) is 19.4. The Morgan fingerprint density at radius 1 is 0.776 bits per heavy atom. The zero-order valence-electron chi connectivity index (χ0n) is 28.5. The van der Waals surface area contributed by atoms with Crippen molar-refractivity contribution in [3.8, 4) is 0 Å². The summed E-state index contributed by atoms with van der Waals surface area (Å²) in [5, 5.41) is -0.281. The Kier molecular flexibility index (Phi) is 13.2. The molecule has 0 aliphatic carbocycles. The number of thioether (sulfide) groups is 1. The third kappa shape index (κ3) is 10.0. The smallest absolute Gasteiger partial charge is 0.338 e. The number of carbonyl (C=O) groups is 4. The van der Waals surface area contributed by atoms with Crippen molar-refractivity contribution in [2.45, 2.75) is 80.4 Å². The minimum atomic E-state index is -2.16. The molecule has 1 saturated heterocycles. The Balaban J connectivity index is 1.75. The van der Waals surface area contributed by atoms with Crippen LogP contribution in [0.4, 0.5) is 0 Å². The Hall–Kier alpha value is -4.03. The van der Waals surface area contributed by atoms with Crippen molar-refractivity contribution < 1.29 is 42.6 Å². The number of hydrogen-bond donors (Lipinski definition) is 0. The molecule has 9 nitrogen and oxygen atoms in total. The maximum absolute atomic E-state index is 13.6. The predicted octanol–water partition coefficient (Wildman–Crippen LogP) is 7.29. The molecule has 4 rings (SSSR count). The van der Waals surface area contributed by atoms with E-state index in [2.05, 4.69) is 40.4 Å². The molecule has 0 N–H and O–H groups in total. The fourth-order valence-corrected chi connectivity index (χ4v) is 7.30. The van der Waals surface area contributed by atoms with Gasteiger partial charge in [-0.15, -0.1) is 18.3 Å². The molecule has 0 spiro atoms. The van der Waals surface area contributed by atoms with Gasteiger partial charge in [-0.05, 0) is 61.0 Å². The molecule has 6 atom stereocenters. The van der Waals surface area contributed by atoms with Crippen molar-refractivity contribution in [3.63, 3.8) is 0 Å². The van der Waals surface area contributed by atoms with Crippen LogP contribution < -0.4 is 0 Å². The second kappa shape index (κ2) is 17.1. The summed E-state index contributed by atoms with van der Waals surface area (Å²) in [5.74, 6) is -2.24. The third-order valence-electron chi connectivity index (χ3n) is 8.62. The van der Waals surface area contributed by atoms with Crippen LogP contribution in [-0.2, 0) is 28.2 Å². The highest BCUT2D eigenvalue weighted by Crippen LogP contribution is 2.40. The Morgan fingerprint density at radius 3 is 1.61 bits per heavy atom. The summed E-state index contributed by atoms with van der Waals surface area (Å²) in [5.41, 5.74) is -0.354. The van der Waals surface area contributed by atoms with Gasteiger partial charge in [-0.1, -0.05) is 81.4 Å². The Labute approximate surface area is 293 Å². The molecule has 1 fully saturated rings. The molecular formula is C38H44O9SSi. The number of allylic oxidation sites excluding steroid dienone is 1. The van der Waals surface area contributed by atoms with Crippen LogP contribution in [-0.4, -0.2) is 74.2 Å². The number of rotatable bonds is 14. The molecular weight excluding hydrogens is 661 g/mol. The van der Waals surface area contributed by atoms with Gasteiger partial charge in [-0.25, -0.2) is 14.4 Å². The van der Waals surface area contributed by atoms with E-state index in [0.717, 1.165) is 0 Å². The molecule has 0 amide bonds. The molecule has 0 saturated carbocycles. The van der Waals surface area contributed by atoms with Crippen LogP contribution in [0.25, 0.3) is 0 Å². The molecule has 6 unspecified atom stereocenters. The first-order valence-electron chi connectivity index (χ1n) is 16.1. The van der Waals surface area contributed by atoms with Gasteiger partial charge in [0.15, 0.2) is 39.0 Å². The standard InChI is InChI=1S/C38H44O9SSi/c1-7-17-29(25-43-49(5,6)38(2,3)4)48-37-33(47-36(42)28-22-15-10-16-23-28)32(46-35(41)27-20-13-9-14-21-27)31(30(24-39)44-37)45-34(40)26-18-11-8-12-19-26/h7-16,18-24,29-33,37H,1,17,25H2,2-6H3. The summed E-state index contributed by atoms with van der Waals surface area (Å²) in [6.45, 7) is 15.0. The molecule has 0 aromatic heterocycles. The van der Waals surface area contributed by atoms with Crippen molar-refractivity contribution in [3.05, 3.63) is 120 Å². The van der Waals surface area contributed by atoms with E-state index in [1.807, 2.05) is 0 Å². The van der Waals surface area contributed by atoms with Gasteiger partial charge in [-0.3, -0.25) is 0 Å². The van der Waals surface area contributed by atoms with Crippen LogP contribution in [0.2, 0.25) is 18.1 Å². The predicted molar refractivity (Wildman–Crippen MR) is 191 cm³/mol. The van der Waals surface area contributed by atoms with Crippen molar-refractivity contribution >= 4 is 44.3 Å². The Morgan fingerprint density at radius 2 is 1.20 bits per heavy atom. The number of carbonyl (C=O) groups excluding carboxylic acids is 4. The maximum atomic E-state index is 13.6. The lowest BCUT2D eigenvalue weighted by atomic mass is 9.99. The average molecular weight is 705 g/mol. The maximum Gasteiger partial charge on any atom is 0.338 e. The molecule has 11 heteroatoms. The van der Waals surface area contributed by atoms with Crippen molar-refractivity contribution in [2.24, 2.45) is 0 Å². The lowest BCUT2D eigenvalue weighted by Crippen LogP contribution is -2.61. The van der Waals surface area contributed by atoms with Crippen molar-refractivity contribution in [2.75, 3.05) is 6.61 Å². The molecule has 260 valence electrons. The SMILES string of the molecule is C=CCC(CO[Si](C)(C)C(C)(C)C)SC1OC(C=O)C(OC(=O)c2ccccc2)C(OC(=O)c2ccccc2)C1OC(=O)c1ccccc1. The summed E-state index contributed by atoms with van der Waals surface area (Å²) >= 11 is 1.29. The van der Waals surface area contributed by atoms with Gasteiger partial charge in [0.2, 0.25) is 0 Å². The number of hydrogen-bond acceptors (Lipinski definition) is 10. The van der Waals surface area contributed by atoms with E-state index in [4.69, 9.17) is 23.4 Å². The van der Waals surface area contributed by atoms with Gasteiger partial charge in [0.25, 0.3) is 0 Å². The summed E-state index contributed by atoms with van der Waals surface area (Å²) in [6, 6.07) is 24.8. The molecule has 0 bridgehead atoms. The summed E-state index contributed by atoms with van der Waals surface area (Å²) in [7, 11) is -2.16. The average Bonchev–Trinajstić information content (AvgIpc) is 3.09. The number of benzene rings is 3. The fourth-order valence-electron chi connectivity index (χ4n) is 4.80. The highest BCUT2D eigenvalue weighted by atomic mass is 32.2. The van der Waals surface area contributed by atoms with Crippen LogP contribution >= 0.6 is 11.8 Å². The van der Waals surface area contributed by atoms with Crippen LogP contribution in [0.1, 0.15) is 58.3 Å². The van der Waals surface area contributed by atoms with E-state index in [0.29, 0.717) is 19.3 Å². The first-order chi connectivity index (χ1) is 23.3. The lowest BCUT2D eigenvalue weighted by molar-refractivity contribution is -0.195. The van der Waals surface area contributed by atoms with Crippen LogP contribution in [0.3, 0.4) is 0 Å². The summed E-state index contributed by atoms with van der Waals surface area (Å²) in [4.78, 5) is 53.2. The fraction of sp³-hybridized carbons (Fsp3) is 0.368. The molecule has 0 radical (unpaired) electrons. The minimum absolute atomic E-state index is 0.0410. The first-order valence-corrected chi connectivity index (χ1v) is 20.0. The minimum Gasteiger partial charge on any atom is -0.451 e. The van der Waals surface area contributed by atoms with E-state index >= 15 is 0 Å². The first kappa shape index (κ1) is 37.8. The molecule has 49 heavy (non-hydrogen) atoms. The van der Waals surface area contributed by atoms with Gasteiger partial charge in [0.1, 0.15) is 5.44 Å². The quantitative estimate of drug-likeness (QED) is 0.0557. The number of esters is 3. The van der Waals surface area contributed by atoms with Crippen molar-refractivity contribution in [1.29, 1.82) is 0 Å². The monoisotopic (exact) mass is 704 g/mol. The number of ether oxygens (including phenoxy) is 4. The van der Waals surface area contributed by atoms with Gasteiger partial charge in [0.05, 0.1) is 16.7 Å². The molecule has 1 aliphatic rings. The molecule has 3 aromatic carbocycles. The van der Waals surface area contributed by atoms with E-state index < -0.39 is 56.1 Å². The zero-order valence-corrected chi connectivity index (χ0v) is 30.3. The molecule has 1 heterocycles. The van der Waals surface area contributed by atoms with E-state index in [9.17, 15) is 19.2 Å². The number of aldehydes is 1. The van der Waals surface area contributed by atoms with Crippen molar-refractivity contribution in [1.82, 2.24) is 0 Å². The lowest BCUT2D eigenvalue weighted by Gasteiger charge is -2.44. The topological polar surface area (TPSA) is 114 Å². The van der Waals surface area contributed by atoms with Gasteiger partial charge < -0.3 is 28.2 Å². The largest absolute Gasteiger partial charge is 0.451 e.